The van der Waals surface area contributed by atoms with Gasteiger partial charge in [0.05, 0.1) is 21.2 Å². The minimum Gasteiger partial charge on any atom is -0.377 e. The van der Waals surface area contributed by atoms with Crippen molar-refractivity contribution in [2.75, 3.05) is 5.32 Å². The van der Waals surface area contributed by atoms with E-state index in [0.717, 1.165) is 10.2 Å². The second kappa shape index (κ2) is 5.72. The van der Waals surface area contributed by atoms with Crippen molar-refractivity contribution >= 4 is 33.2 Å². The first-order valence-electron chi connectivity index (χ1n) is 5.54. The molecule has 0 fully saturated rings. The first-order chi connectivity index (χ1) is 8.59. The lowest BCUT2D eigenvalue weighted by molar-refractivity contribution is 0.600. The van der Waals surface area contributed by atoms with Crippen molar-refractivity contribution in [2.45, 2.75) is 13.0 Å². The molecule has 2 rings (SSSR count). The fourth-order valence-corrected chi connectivity index (χ4v) is 2.31. The molecule has 94 valence electrons. The minimum atomic E-state index is -0.212. The lowest BCUT2D eigenvalue weighted by atomic mass is 10.1. The van der Waals surface area contributed by atoms with E-state index >= 15 is 0 Å². The Bertz CT molecular complexity index is 559. The summed E-state index contributed by atoms with van der Waals surface area (Å²) in [6, 6.07) is 12.1. The average Bonchev–Trinajstić information content (AvgIpc) is 2.35. The maximum Gasteiger partial charge on any atom is 0.128 e. The SMILES string of the molecule is CC(Nc1cccc(Cl)c1Br)c1ccccc1F. The third-order valence-electron chi connectivity index (χ3n) is 2.70. The molecule has 1 N–H and O–H groups in total. The molecular formula is C14H12BrClFN. The quantitative estimate of drug-likeness (QED) is 0.794. The number of halogens is 3. The lowest BCUT2D eigenvalue weighted by Crippen LogP contribution is -2.08. The molecule has 0 bridgehead atoms. The zero-order chi connectivity index (χ0) is 13.1. The van der Waals surface area contributed by atoms with Gasteiger partial charge in [-0.05, 0) is 41.1 Å². The Hall–Kier alpha value is -1.06. The van der Waals surface area contributed by atoms with E-state index < -0.39 is 0 Å². The number of hydrogen-bond acceptors (Lipinski definition) is 1. The fraction of sp³-hybridized carbons (Fsp3) is 0.143. The van der Waals surface area contributed by atoms with Crippen LogP contribution in [0.1, 0.15) is 18.5 Å². The largest absolute Gasteiger partial charge is 0.377 e. The van der Waals surface area contributed by atoms with Crippen LogP contribution in [0.5, 0.6) is 0 Å². The van der Waals surface area contributed by atoms with Gasteiger partial charge in [0.15, 0.2) is 0 Å². The molecule has 0 saturated carbocycles. The zero-order valence-corrected chi connectivity index (χ0v) is 12.1. The number of rotatable bonds is 3. The van der Waals surface area contributed by atoms with Crippen molar-refractivity contribution in [3.63, 3.8) is 0 Å². The van der Waals surface area contributed by atoms with Gasteiger partial charge in [-0.3, -0.25) is 0 Å². The minimum absolute atomic E-state index is 0.138. The van der Waals surface area contributed by atoms with Gasteiger partial charge in [0.25, 0.3) is 0 Å². The maximum atomic E-state index is 13.6. The monoisotopic (exact) mass is 327 g/mol. The van der Waals surface area contributed by atoms with Crippen LogP contribution in [0.4, 0.5) is 10.1 Å². The normalized spacial score (nSPS) is 12.2. The average molecular weight is 329 g/mol. The molecule has 0 radical (unpaired) electrons. The van der Waals surface area contributed by atoms with Crippen LogP contribution in [0.3, 0.4) is 0 Å². The highest BCUT2D eigenvalue weighted by Gasteiger charge is 2.12. The summed E-state index contributed by atoms with van der Waals surface area (Å²) in [5, 5.41) is 3.86. The van der Waals surface area contributed by atoms with E-state index in [1.54, 1.807) is 18.2 Å². The Kier molecular flexibility index (Phi) is 4.25. The summed E-state index contributed by atoms with van der Waals surface area (Å²) in [6.07, 6.45) is 0. The Labute approximate surface area is 119 Å². The summed E-state index contributed by atoms with van der Waals surface area (Å²) in [4.78, 5) is 0. The number of nitrogens with one attached hydrogen (secondary N) is 1. The Morgan fingerprint density at radius 3 is 2.61 bits per heavy atom. The van der Waals surface area contributed by atoms with Gasteiger partial charge in [0.1, 0.15) is 5.82 Å². The smallest absolute Gasteiger partial charge is 0.128 e. The Balaban J connectivity index is 2.24. The standard InChI is InChI=1S/C14H12BrClFN/c1-9(10-5-2-3-7-12(10)17)18-13-8-4-6-11(16)14(13)15/h2-9,18H,1H3. The third kappa shape index (κ3) is 2.85. The molecule has 0 aromatic heterocycles. The van der Waals surface area contributed by atoms with E-state index in [-0.39, 0.29) is 11.9 Å². The molecule has 1 unspecified atom stereocenters. The van der Waals surface area contributed by atoms with Gasteiger partial charge >= 0.3 is 0 Å². The van der Waals surface area contributed by atoms with Gasteiger partial charge in [0, 0.05) is 5.56 Å². The number of anilines is 1. The van der Waals surface area contributed by atoms with Crippen molar-refractivity contribution < 1.29 is 4.39 Å². The summed E-state index contributed by atoms with van der Waals surface area (Å²) in [5.74, 6) is -0.212. The molecule has 0 aliphatic heterocycles. The topological polar surface area (TPSA) is 12.0 Å². The van der Waals surface area contributed by atoms with Crippen molar-refractivity contribution in [3.05, 3.63) is 63.3 Å². The van der Waals surface area contributed by atoms with E-state index in [4.69, 9.17) is 11.6 Å². The fourth-order valence-electron chi connectivity index (χ4n) is 1.75. The second-order valence-electron chi connectivity index (χ2n) is 3.99. The van der Waals surface area contributed by atoms with Gasteiger partial charge in [0.2, 0.25) is 0 Å². The van der Waals surface area contributed by atoms with Gasteiger partial charge in [-0.15, -0.1) is 0 Å². The van der Waals surface area contributed by atoms with Crippen LogP contribution in [0.2, 0.25) is 5.02 Å². The summed E-state index contributed by atoms with van der Waals surface area (Å²) < 4.78 is 14.4. The summed E-state index contributed by atoms with van der Waals surface area (Å²) in [5.41, 5.74) is 1.47. The van der Waals surface area contributed by atoms with Gasteiger partial charge in [-0.25, -0.2) is 4.39 Å². The molecule has 0 amide bonds. The Morgan fingerprint density at radius 1 is 1.17 bits per heavy atom. The molecule has 0 aliphatic rings. The summed E-state index contributed by atoms with van der Waals surface area (Å²) >= 11 is 9.43. The lowest BCUT2D eigenvalue weighted by Gasteiger charge is -2.17. The predicted molar refractivity (Wildman–Crippen MR) is 77.6 cm³/mol. The first-order valence-corrected chi connectivity index (χ1v) is 6.71. The summed E-state index contributed by atoms with van der Waals surface area (Å²) in [6.45, 7) is 1.91. The first kappa shape index (κ1) is 13.4. The van der Waals surface area contributed by atoms with E-state index in [2.05, 4.69) is 21.2 Å². The third-order valence-corrected chi connectivity index (χ3v) is 4.09. The van der Waals surface area contributed by atoms with Crippen LogP contribution in [-0.2, 0) is 0 Å². The van der Waals surface area contributed by atoms with E-state index in [9.17, 15) is 4.39 Å². The molecule has 1 atom stereocenters. The van der Waals surface area contributed by atoms with Gasteiger partial charge in [-0.1, -0.05) is 35.9 Å². The molecule has 4 heteroatoms. The molecule has 0 aliphatic carbocycles. The van der Waals surface area contributed by atoms with Crippen LogP contribution < -0.4 is 5.32 Å². The van der Waals surface area contributed by atoms with Crippen LogP contribution in [0, 0.1) is 5.82 Å². The van der Waals surface area contributed by atoms with Gasteiger partial charge in [-0.2, -0.15) is 0 Å². The van der Waals surface area contributed by atoms with E-state index in [1.807, 2.05) is 25.1 Å². The molecule has 0 heterocycles. The van der Waals surface area contributed by atoms with Crippen molar-refractivity contribution in [1.29, 1.82) is 0 Å². The molecule has 0 saturated heterocycles. The zero-order valence-electron chi connectivity index (χ0n) is 9.75. The van der Waals surface area contributed by atoms with Crippen LogP contribution >= 0.6 is 27.5 Å². The number of hydrogen-bond donors (Lipinski definition) is 1. The molecule has 1 nitrogen and oxygen atoms in total. The highest BCUT2D eigenvalue weighted by Crippen LogP contribution is 2.32. The van der Waals surface area contributed by atoms with Crippen molar-refractivity contribution in [1.82, 2.24) is 0 Å². The second-order valence-corrected chi connectivity index (χ2v) is 5.19. The molecular weight excluding hydrogens is 317 g/mol. The van der Waals surface area contributed by atoms with E-state index in [0.29, 0.717) is 10.6 Å². The van der Waals surface area contributed by atoms with Crippen LogP contribution in [0.25, 0.3) is 0 Å². The maximum absolute atomic E-state index is 13.6. The van der Waals surface area contributed by atoms with E-state index in [1.165, 1.54) is 6.07 Å². The van der Waals surface area contributed by atoms with Crippen molar-refractivity contribution in [2.24, 2.45) is 0 Å². The van der Waals surface area contributed by atoms with Crippen LogP contribution in [0.15, 0.2) is 46.9 Å². The predicted octanol–water partition coefficient (Wildman–Crippen LogP) is 5.41. The van der Waals surface area contributed by atoms with Crippen LogP contribution in [-0.4, -0.2) is 0 Å². The highest BCUT2D eigenvalue weighted by molar-refractivity contribution is 9.10. The Morgan fingerprint density at radius 2 is 1.89 bits per heavy atom. The highest BCUT2D eigenvalue weighted by atomic mass is 79.9. The van der Waals surface area contributed by atoms with Crippen molar-refractivity contribution in [3.8, 4) is 0 Å². The molecule has 0 spiro atoms. The molecule has 2 aromatic carbocycles. The molecule has 18 heavy (non-hydrogen) atoms. The summed E-state index contributed by atoms with van der Waals surface area (Å²) in [7, 11) is 0. The molecule has 2 aromatic rings. The van der Waals surface area contributed by atoms with Gasteiger partial charge < -0.3 is 5.32 Å². The number of benzene rings is 2.